The predicted octanol–water partition coefficient (Wildman–Crippen LogP) is 1.70. The van der Waals surface area contributed by atoms with E-state index in [0.717, 1.165) is 12.1 Å². The predicted molar refractivity (Wildman–Crippen MR) is 44.1 cm³/mol. The van der Waals surface area contributed by atoms with Gasteiger partial charge in [0.2, 0.25) is 0 Å². The SMILES string of the molecule is N=C(N)c1ccc(C(F)(F)F)c(O)c1. The Morgan fingerprint density at radius 2 is 1.93 bits per heavy atom. The lowest BCUT2D eigenvalue weighted by Gasteiger charge is -2.09. The summed E-state index contributed by atoms with van der Waals surface area (Å²) in [4.78, 5) is 0. The van der Waals surface area contributed by atoms with Gasteiger partial charge in [0.05, 0.1) is 5.56 Å². The minimum Gasteiger partial charge on any atom is -0.507 e. The fourth-order valence-electron chi connectivity index (χ4n) is 0.939. The van der Waals surface area contributed by atoms with E-state index in [0.29, 0.717) is 6.07 Å². The highest BCUT2D eigenvalue weighted by molar-refractivity contribution is 5.95. The number of nitrogen functional groups attached to an aromatic ring is 1. The molecule has 0 radical (unpaired) electrons. The van der Waals surface area contributed by atoms with E-state index in [1.165, 1.54) is 0 Å². The fourth-order valence-corrected chi connectivity index (χ4v) is 0.939. The van der Waals surface area contributed by atoms with Crippen LogP contribution in [0.5, 0.6) is 5.75 Å². The monoisotopic (exact) mass is 204 g/mol. The number of phenols is 1. The first-order valence-corrected chi connectivity index (χ1v) is 3.57. The number of hydrogen-bond donors (Lipinski definition) is 3. The van der Waals surface area contributed by atoms with Gasteiger partial charge in [0.15, 0.2) is 0 Å². The van der Waals surface area contributed by atoms with Gasteiger partial charge >= 0.3 is 6.18 Å². The summed E-state index contributed by atoms with van der Waals surface area (Å²) in [5.41, 5.74) is 3.95. The third kappa shape index (κ3) is 1.95. The lowest BCUT2D eigenvalue weighted by molar-refractivity contribution is -0.138. The van der Waals surface area contributed by atoms with E-state index in [1.807, 2.05) is 0 Å². The average Bonchev–Trinajstić information content (AvgIpc) is 2.01. The van der Waals surface area contributed by atoms with Gasteiger partial charge in [-0.15, -0.1) is 0 Å². The molecule has 1 rings (SSSR count). The summed E-state index contributed by atoms with van der Waals surface area (Å²) in [5.74, 6) is -1.32. The number of nitrogens with one attached hydrogen (secondary N) is 1. The largest absolute Gasteiger partial charge is 0.507 e. The topological polar surface area (TPSA) is 70.1 Å². The quantitative estimate of drug-likeness (QED) is 0.481. The molecule has 0 unspecified atom stereocenters. The van der Waals surface area contributed by atoms with Crippen LogP contribution in [0.2, 0.25) is 0 Å². The zero-order valence-corrected chi connectivity index (χ0v) is 6.89. The number of benzene rings is 1. The first-order chi connectivity index (χ1) is 6.32. The van der Waals surface area contributed by atoms with Crippen molar-refractivity contribution >= 4 is 5.84 Å². The van der Waals surface area contributed by atoms with Gasteiger partial charge in [-0.3, -0.25) is 5.41 Å². The Morgan fingerprint density at radius 1 is 1.36 bits per heavy atom. The second-order valence-electron chi connectivity index (χ2n) is 2.64. The standard InChI is InChI=1S/C8H7F3N2O/c9-8(10,11)5-2-1-4(7(12)13)3-6(5)14/h1-3,14H,(H3,12,13). The molecule has 0 atom stereocenters. The summed E-state index contributed by atoms with van der Waals surface area (Å²) < 4.78 is 36.4. The molecule has 1 aromatic carbocycles. The Bertz CT molecular complexity index is 373. The Labute approximate surface area is 77.5 Å². The van der Waals surface area contributed by atoms with E-state index >= 15 is 0 Å². The van der Waals surface area contributed by atoms with Crippen LogP contribution in [0.25, 0.3) is 0 Å². The summed E-state index contributed by atoms with van der Waals surface area (Å²) in [6.07, 6.45) is -4.60. The Kier molecular flexibility index (Phi) is 2.37. The third-order valence-electron chi connectivity index (χ3n) is 1.61. The molecule has 14 heavy (non-hydrogen) atoms. The normalized spacial score (nSPS) is 11.4. The molecule has 0 saturated carbocycles. The molecule has 6 heteroatoms. The number of nitrogens with two attached hydrogens (primary N) is 1. The second-order valence-corrected chi connectivity index (χ2v) is 2.64. The number of amidine groups is 1. The summed E-state index contributed by atoms with van der Waals surface area (Å²) in [5, 5.41) is 15.9. The van der Waals surface area contributed by atoms with Gasteiger partial charge in [-0.25, -0.2) is 0 Å². The molecule has 0 spiro atoms. The van der Waals surface area contributed by atoms with E-state index in [4.69, 9.17) is 16.2 Å². The van der Waals surface area contributed by atoms with E-state index in [-0.39, 0.29) is 5.56 Å². The first kappa shape index (κ1) is 10.4. The molecule has 0 bridgehead atoms. The Morgan fingerprint density at radius 3 is 2.29 bits per heavy atom. The van der Waals surface area contributed by atoms with Crippen LogP contribution in [0.3, 0.4) is 0 Å². The molecule has 0 heterocycles. The van der Waals surface area contributed by atoms with Crippen molar-refractivity contribution in [3.63, 3.8) is 0 Å². The minimum atomic E-state index is -4.60. The summed E-state index contributed by atoms with van der Waals surface area (Å²) >= 11 is 0. The number of alkyl halides is 3. The van der Waals surface area contributed by atoms with Crippen LogP contribution in [0, 0.1) is 5.41 Å². The first-order valence-electron chi connectivity index (χ1n) is 3.57. The van der Waals surface area contributed by atoms with Crippen LogP contribution < -0.4 is 5.73 Å². The summed E-state index contributed by atoms with van der Waals surface area (Å²) in [7, 11) is 0. The molecule has 0 aliphatic heterocycles. The average molecular weight is 204 g/mol. The zero-order valence-electron chi connectivity index (χ0n) is 6.89. The van der Waals surface area contributed by atoms with Crippen molar-refractivity contribution in [2.24, 2.45) is 5.73 Å². The molecular weight excluding hydrogens is 197 g/mol. The lowest BCUT2D eigenvalue weighted by atomic mass is 10.1. The number of rotatable bonds is 1. The van der Waals surface area contributed by atoms with E-state index in [1.54, 1.807) is 0 Å². The van der Waals surface area contributed by atoms with Gasteiger partial charge in [0.25, 0.3) is 0 Å². The highest BCUT2D eigenvalue weighted by Gasteiger charge is 2.33. The number of halogens is 3. The molecule has 0 amide bonds. The van der Waals surface area contributed by atoms with Gasteiger partial charge in [0, 0.05) is 5.56 Å². The Balaban J connectivity index is 3.21. The number of phenolic OH excluding ortho intramolecular Hbond substituents is 1. The fraction of sp³-hybridized carbons (Fsp3) is 0.125. The van der Waals surface area contributed by atoms with Crippen molar-refractivity contribution < 1.29 is 18.3 Å². The Hall–Kier alpha value is -1.72. The maximum Gasteiger partial charge on any atom is 0.419 e. The van der Waals surface area contributed by atoms with Crippen molar-refractivity contribution in [3.05, 3.63) is 29.3 Å². The van der Waals surface area contributed by atoms with Crippen molar-refractivity contribution in [1.29, 1.82) is 5.41 Å². The molecule has 0 aliphatic rings. The van der Waals surface area contributed by atoms with Crippen molar-refractivity contribution in [1.82, 2.24) is 0 Å². The van der Waals surface area contributed by atoms with Crippen LogP contribution in [-0.2, 0) is 6.18 Å². The maximum atomic E-state index is 12.1. The van der Waals surface area contributed by atoms with Gasteiger partial charge in [-0.2, -0.15) is 13.2 Å². The van der Waals surface area contributed by atoms with Crippen molar-refractivity contribution in [2.45, 2.75) is 6.18 Å². The molecule has 4 N–H and O–H groups in total. The molecule has 0 fully saturated rings. The smallest absolute Gasteiger partial charge is 0.419 e. The van der Waals surface area contributed by atoms with E-state index in [9.17, 15) is 13.2 Å². The van der Waals surface area contributed by atoms with Crippen LogP contribution in [-0.4, -0.2) is 10.9 Å². The van der Waals surface area contributed by atoms with Gasteiger partial charge in [0.1, 0.15) is 11.6 Å². The lowest BCUT2D eigenvalue weighted by Crippen LogP contribution is -2.12. The highest BCUT2D eigenvalue weighted by atomic mass is 19.4. The maximum absolute atomic E-state index is 12.1. The number of hydrogen-bond acceptors (Lipinski definition) is 2. The summed E-state index contributed by atoms with van der Waals surface area (Å²) in [6.45, 7) is 0. The third-order valence-corrected chi connectivity index (χ3v) is 1.61. The van der Waals surface area contributed by atoms with Crippen molar-refractivity contribution in [3.8, 4) is 5.75 Å². The van der Waals surface area contributed by atoms with Gasteiger partial charge in [-0.05, 0) is 12.1 Å². The van der Waals surface area contributed by atoms with Crippen LogP contribution in [0.4, 0.5) is 13.2 Å². The molecular formula is C8H7F3N2O. The van der Waals surface area contributed by atoms with Gasteiger partial charge < -0.3 is 10.8 Å². The minimum absolute atomic E-state index is 0.0514. The van der Waals surface area contributed by atoms with E-state index in [2.05, 4.69) is 0 Å². The highest BCUT2D eigenvalue weighted by Crippen LogP contribution is 2.35. The molecule has 76 valence electrons. The van der Waals surface area contributed by atoms with Crippen LogP contribution in [0.15, 0.2) is 18.2 Å². The van der Waals surface area contributed by atoms with Gasteiger partial charge in [-0.1, -0.05) is 6.07 Å². The van der Waals surface area contributed by atoms with Crippen LogP contribution >= 0.6 is 0 Å². The van der Waals surface area contributed by atoms with Crippen LogP contribution in [0.1, 0.15) is 11.1 Å². The summed E-state index contributed by atoms with van der Waals surface area (Å²) in [6, 6.07) is 2.53. The molecule has 0 saturated heterocycles. The second kappa shape index (κ2) is 3.21. The number of aromatic hydroxyl groups is 1. The molecule has 0 aliphatic carbocycles. The molecule has 1 aromatic rings. The van der Waals surface area contributed by atoms with E-state index < -0.39 is 23.3 Å². The molecule has 0 aromatic heterocycles. The van der Waals surface area contributed by atoms with Crippen molar-refractivity contribution in [2.75, 3.05) is 0 Å². The molecule has 3 nitrogen and oxygen atoms in total. The zero-order chi connectivity index (χ0) is 10.9.